The summed E-state index contributed by atoms with van der Waals surface area (Å²) in [6.45, 7) is 7.97. The number of carbonyl (C=O) groups is 1. The molecular weight excluding hydrogens is 338 g/mol. The van der Waals surface area contributed by atoms with Gasteiger partial charge in [0, 0.05) is 12.6 Å². The van der Waals surface area contributed by atoms with E-state index in [0.717, 1.165) is 11.1 Å². The fourth-order valence-corrected chi connectivity index (χ4v) is 3.66. The van der Waals surface area contributed by atoms with Crippen molar-refractivity contribution in [2.75, 3.05) is 6.54 Å². The Balaban J connectivity index is 1.91. The lowest BCUT2D eigenvalue weighted by atomic mass is 9.96. The summed E-state index contributed by atoms with van der Waals surface area (Å²) in [7, 11) is 0. The van der Waals surface area contributed by atoms with Crippen molar-refractivity contribution in [2.45, 2.75) is 52.0 Å². The molecular formula is C23H29NO3. The fourth-order valence-electron chi connectivity index (χ4n) is 3.66. The summed E-state index contributed by atoms with van der Waals surface area (Å²) < 4.78 is 5.72. The van der Waals surface area contributed by atoms with E-state index in [0.29, 0.717) is 6.54 Å². The van der Waals surface area contributed by atoms with E-state index in [1.807, 2.05) is 64.1 Å². The molecule has 0 aromatic heterocycles. The van der Waals surface area contributed by atoms with Crippen LogP contribution in [0.15, 0.2) is 60.7 Å². The SMILES string of the molecule is C[C@H]1[C@@H](OC(=O)C(C)(C)C)[C@@H](O)CN1C(c1ccccc1)c1ccccc1. The molecule has 3 atom stereocenters. The van der Waals surface area contributed by atoms with Gasteiger partial charge in [0.1, 0.15) is 12.2 Å². The average Bonchev–Trinajstić information content (AvgIpc) is 2.91. The minimum Gasteiger partial charge on any atom is -0.457 e. The van der Waals surface area contributed by atoms with E-state index in [1.54, 1.807) is 0 Å². The predicted molar refractivity (Wildman–Crippen MR) is 106 cm³/mol. The molecule has 1 fully saturated rings. The second-order valence-electron chi connectivity index (χ2n) is 8.35. The van der Waals surface area contributed by atoms with Crippen LogP contribution in [0.2, 0.25) is 0 Å². The summed E-state index contributed by atoms with van der Waals surface area (Å²) in [4.78, 5) is 14.6. The first-order chi connectivity index (χ1) is 12.8. The Morgan fingerprint density at radius 1 is 1.04 bits per heavy atom. The molecule has 0 spiro atoms. The molecule has 1 N–H and O–H groups in total. The molecule has 144 valence electrons. The van der Waals surface area contributed by atoms with Crippen LogP contribution in [0.3, 0.4) is 0 Å². The first-order valence-electron chi connectivity index (χ1n) is 9.54. The van der Waals surface area contributed by atoms with E-state index in [-0.39, 0.29) is 18.1 Å². The van der Waals surface area contributed by atoms with Gasteiger partial charge in [-0.2, -0.15) is 0 Å². The zero-order valence-corrected chi connectivity index (χ0v) is 16.5. The summed E-state index contributed by atoms with van der Waals surface area (Å²) in [6, 6.07) is 20.4. The van der Waals surface area contributed by atoms with Gasteiger partial charge in [-0.25, -0.2) is 0 Å². The van der Waals surface area contributed by atoms with Crippen LogP contribution in [0.5, 0.6) is 0 Å². The van der Waals surface area contributed by atoms with Crippen molar-refractivity contribution in [3.63, 3.8) is 0 Å². The van der Waals surface area contributed by atoms with Gasteiger partial charge in [0.2, 0.25) is 0 Å². The van der Waals surface area contributed by atoms with Gasteiger partial charge in [0.05, 0.1) is 11.5 Å². The van der Waals surface area contributed by atoms with Crippen LogP contribution in [0, 0.1) is 5.41 Å². The molecule has 27 heavy (non-hydrogen) atoms. The second-order valence-corrected chi connectivity index (χ2v) is 8.35. The molecule has 3 rings (SSSR count). The highest BCUT2D eigenvalue weighted by molar-refractivity contribution is 5.75. The van der Waals surface area contributed by atoms with Crippen molar-refractivity contribution in [1.82, 2.24) is 4.90 Å². The van der Waals surface area contributed by atoms with Gasteiger partial charge in [0.15, 0.2) is 0 Å². The van der Waals surface area contributed by atoms with Crippen molar-refractivity contribution in [3.8, 4) is 0 Å². The largest absolute Gasteiger partial charge is 0.457 e. The van der Waals surface area contributed by atoms with E-state index in [9.17, 15) is 9.90 Å². The van der Waals surface area contributed by atoms with E-state index in [1.165, 1.54) is 0 Å². The Morgan fingerprint density at radius 3 is 1.96 bits per heavy atom. The van der Waals surface area contributed by atoms with E-state index < -0.39 is 17.6 Å². The van der Waals surface area contributed by atoms with Crippen LogP contribution in [-0.2, 0) is 9.53 Å². The summed E-state index contributed by atoms with van der Waals surface area (Å²) >= 11 is 0. The van der Waals surface area contributed by atoms with Gasteiger partial charge >= 0.3 is 5.97 Å². The zero-order chi connectivity index (χ0) is 19.6. The molecule has 2 aromatic rings. The topological polar surface area (TPSA) is 49.8 Å². The van der Waals surface area contributed by atoms with Crippen molar-refractivity contribution in [3.05, 3.63) is 71.8 Å². The van der Waals surface area contributed by atoms with Gasteiger partial charge in [-0.05, 0) is 38.8 Å². The molecule has 0 aliphatic carbocycles. The number of hydrogen-bond acceptors (Lipinski definition) is 4. The van der Waals surface area contributed by atoms with Gasteiger partial charge in [-0.3, -0.25) is 9.69 Å². The lowest BCUT2D eigenvalue weighted by Gasteiger charge is -2.33. The summed E-state index contributed by atoms with van der Waals surface area (Å²) in [5.41, 5.74) is 1.72. The second kappa shape index (κ2) is 7.83. The monoisotopic (exact) mass is 367 g/mol. The van der Waals surface area contributed by atoms with E-state index in [4.69, 9.17) is 4.74 Å². The Hall–Kier alpha value is -2.17. The number of carbonyl (C=O) groups excluding carboxylic acids is 1. The molecule has 0 bridgehead atoms. The summed E-state index contributed by atoms with van der Waals surface area (Å²) in [6.07, 6.45) is -1.24. The highest BCUT2D eigenvalue weighted by Gasteiger charge is 2.45. The number of benzene rings is 2. The predicted octanol–water partition coefficient (Wildman–Crippen LogP) is 3.80. The third kappa shape index (κ3) is 4.23. The number of ether oxygens (including phenoxy) is 1. The molecule has 4 heteroatoms. The molecule has 2 aromatic carbocycles. The number of hydrogen-bond donors (Lipinski definition) is 1. The quantitative estimate of drug-likeness (QED) is 0.835. The molecule has 4 nitrogen and oxygen atoms in total. The Kier molecular flexibility index (Phi) is 5.68. The molecule has 0 saturated carbocycles. The number of aliphatic hydroxyl groups is 1. The van der Waals surface area contributed by atoms with Crippen LogP contribution in [0.1, 0.15) is 44.9 Å². The highest BCUT2D eigenvalue weighted by Crippen LogP contribution is 2.36. The Labute approximate surface area is 161 Å². The van der Waals surface area contributed by atoms with Gasteiger partial charge < -0.3 is 9.84 Å². The molecule has 1 aliphatic rings. The molecule has 0 amide bonds. The van der Waals surface area contributed by atoms with E-state index >= 15 is 0 Å². The number of esters is 1. The molecule has 0 unspecified atom stereocenters. The number of nitrogens with zero attached hydrogens (tertiary/aromatic N) is 1. The molecule has 1 aliphatic heterocycles. The Morgan fingerprint density at radius 2 is 1.52 bits per heavy atom. The van der Waals surface area contributed by atoms with Crippen LogP contribution in [-0.4, -0.2) is 40.8 Å². The van der Waals surface area contributed by atoms with Crippen molar-refractivity contribution >= 4 is 5.97 Å². The van der Waals surface area contributed by atoms with Crippen LogP contribution >= 0.6 is 0 Å². The maximum Gasteiger partial charge on any atom is 0.311 e. The third-order valence-corrected chi connectivity index (χ3v) is 5.19. The summed E-state index contributed by atoms with van der Waals surface area (Å²) in [5.74, 6) is -0.281. The maximum atomic E-state index is 12.4. The van der Waals surface area contributed by atoms with Crippen molar-refractivity contribution in [2.24, 2.45) is 5.41 Å². The zero-order valence-electron chi connectivity index (χ0n) is 16.5. The van der Waals surface area contributed by atoms with Crippen molar-refractivity contribution < 1.29 is 14.6 Å². The highest BCUT2D eigenvalue weighted by atomic mass is 16.6. The molecule has 0 radical (unpaired) electrons. The number of β-amino-alcohol motifs (C(OH)–C–C–N with tert-alkyl or cyclic N) is 1. The Bertz CT molecular complexity index is 715. The van der Waals surface area contributed by atoms with Gasteiger partial charge in [0.25, 0.3) is 0 Å². The van der Waals surface area contributed by atoms with Crippen LogP contribution in [0.25, 0.3) is 0 Å². The standard InChI is InChI=1S/C23H29NO3/c1-16-21(27-22(26)23(2,3)4)19(25)15-24(16)20(17-11-7-5-8-12-17)18-13-9-6-10-14-18/h5-14,16,19-21,25H,15H2,1-4H3/t16-,19-,21+/m0/s1. The molecule has 1 heterocycles. The lowest BCUT2D eigenvalue weighted by molar-refractivity contribution is -0.163. The van der Waals surface area contributed by atoms with Gasteiger partial charge in [-0.1, -0.05) is 60.7 Å². The number of rotatable bonds is 4. The van der Waals surface area contributed by atoms with Crippen molar-refractivity contribution in [1.29, 1.82) is 0 Å². The van der Waals surface area contributed by atoms with E-state index in [2.05, 4.69) is 29.2 Å². The number of likely N-dealkylation sites (tertiary alicyclic amines) is 1. The normalized spacial score (nSPS) is 23.6. The first kappa shape index (κ1) is 19.6. The van der Waals surface area contributed by atoms with Gasteiger partial charge in [-0.15, -0.1) is 0 Å². The van der Waals surface area contributed by atoms with Crippen LogP contribution < -0.4 is 0 Å². The lowest BCUT2D eigenvalue weighted by Crippen LogP contribution is -2.40. The molecule has 1 saturated heterocycles. The minimum absolute atomic E-state index is 0.00427. The van der Waals surface area contributed by atoms with Crippen LogP contribution in [0.4, 0.5) is 0 Å². The number of aliphatic hydroxyl groups excluding tert-OH is 1. The minimum atomic E-state index is -0.707. The third-order valence-electron chi connectivity index (χ3n) is 5.19. The smallest absolute Gasteiger partial charge is 0.311 e. The average molecular weight is 367 g/mol. The maximum absolute atomic E-state index is 12.4. The summed E-state index contributed by atoms with van der Waals surface area (Å²) in [5, 5.41) is 10.7. The first-order valence-corrected chi connectivity index (χ1v) is 9.54. The fraction of sp³-hybridized carbons (Fsp3) is 0.435.